The Morgan fingerprint density at radius 3 is 1.92 bits per heavy atom. The molecule has 0 fully saturated rings. The number of carbonyl (C=O) groups is 1. The van der Waals surface area contributed by atoms with Crippen LogP contribution in [0.1, 0.15) is 0 Å². The maximum atomic E-state index is 9.90. The van der Waals surface area contributed by atoms with Crippen LogP contribution in [-0.2, 0) is 4.79 Å². The molecule has 0 aliphatic heterocycles. The molecule has 0 bridgehead atoms. The van der Waals surface area contributed by atoms with Gasteiger partial charge in [-0.3, -0.25) is 0 Å². The van der Waals surface area contributed by atoms with Gasteiger partial charge in [0, 0.05) is 0 Å². The molecule has 0 radical (unpaired) electrons. The van der Waals surface area contributed by atoms with E-state index < -0.39 is 31.0 Å². The first-order valence-electron chi connectivity index (χ1n) is 3.33. The maximum Gasteiger partial charge on any atom is 0.151 e. The Kier molecular flexibility index (Phi) is 4.95. The average molecular weight is 179 g/mol. The summed E-state index contributed by atoms with van der Waals surface area (Å²) < 4.78 is 0. The van der Waals surface area contributed by atoms with Crippen LogP contribution in [0.3, 0.4) is 0 Å². The Morgan fingerprint density at radius 1 is 1.08 bits per heavy atom. The van der Waals surface area contributed by atoms with Crippen LogP contribution in [0.4, 0.5) is 0 Å². The summed E-state index contributed by atoms with van der Waals surface area (Å²) in [6.07, 6.45) is -6.84. The van der Waals surface area contributed by atoms with E-state index in [9.17, 15) is 4.79 Å². The fourth-order valence-electron chi connectivity index (χ4n) is 0.618. The van der Waals surface area contributed by atoms with Crippen LogP contribution < -0.4 is 0 Å². The number of aldehydes is 1. The van der Waals surface area contributed by atoms with Crippen LogP contribution in [0.25, 0.3) is 0 Å². The van der Waals surface area contributed by atoms with E-state index in [0.717, 1.165) is 0 Å². The molecule has 0 aromatic heterocycles. The highest BCUT2D eigenvalue weighted by atomic mass is 16.4. The minimum atomic E-state index is -1.79. The van der Waals surface area contributed by atoms with Crippen molar-refractivity contribution in [3.05, 3.63) is 0 Å². The summed E-state index contributed by atoms with van der Waals surface area (Å²) in [5.74, 6) is 0. The Labute approximate surface area is 68.7 Å². The third-order valence-corrected chi connectivity index (χ3v) is 1.42. The fraction of sp³-hybridized carbons (Fsp3) is 0.833. The molecule has 5 N–H and O–H groups in total. The van der Waals surface area contributed by atoms with Gasteiger partial charge in [-0.1, -0.05) is 0 Å². The molecule has 0 aromatic carbocycles. The lowest BCUT2D eigenvalue weighted by Gasteiger charge is -2.22. The maximum absolute atomic E-state index is 9.90. The summed E-state index contributed by atoms with van der Waals surface area (Å²) in [4.78, 5) is 9.90. The Morgan fingerprint density at radius 2 is 1.58 bits per heavy atom. The van der Waals surface area contributed by atoms with Gasteiger partial charge in [0.2, 0.25) is 0 Å². The zero-order chi connectivity index (χ0) is 9.72. The van der Waals surface area contributed by atoms with Gasteiger partial charge >= 0.3 is 0 Å². The van der Waals surface area contributed by atoms with E-state index in [1.54, 1.807) is 0 Å². The molecule has 4 atom stereocenters. The monoisotopic (exact) mass is 179 g/mol. The Bertz CT molecular complexity index is 138. The Hall–Kier alpha value is -0.530. The molecule has 0 saturated heterocycles. The SMILES string of the molecule is O=[11CH][C@H](O)[C@@H](O)[C@H](O)[C@H](O)CO. The van der Waals surface area contributed by atoms with E-state index in [2.05, 4.69) is 0 Å². The molecule has 6 heteroatoms. The van der Waals surface area contributed by atoms with Crippen LogP contribution in [0, 0.1) is 0 Å². The molecule has 12 heavy (non-hydrogen) atoms. The summed E-state index contributed by atoms with van der Waals surface area (Å²) in [7, 11) is 0. The van der Waals surface area contributed by atoms with Crippen molar-refractivity contribution in [2.75, 3.05) is 6.61 Å². The number of aliphatic hydroxyl groups excluding tert-OH is 5. The van der Waals surface area contributed by atoms with Crippen LogP contribution >= 0.6 is 0 Å². The van der Waals surface area contributed by atoms with E-state index in [-0.39, 0.29) is 6.29 Å². The molecule has 0 unspecified atom stereocenters. The number of aliphatic hydroxyl groups is 5. The van der Waals surface area contributed by atoms with Gasteiger partial charge in [-0.25, -0.2) is 0 Å². The summed E-state index contributed by atoms with van der Waals surface area (Å²) in [5.41, 5.74) is 0. The van der Waals surface area contributed by atoms with Crippen LogP contribution in [0.15, 0.2) is 0 Å². The first kappa shape index (κ1) is 11.5. The van der Waals surface area contributed by atoms with E-state index in [1.165, 1.54) is 0 Å². The minimum Gasteiger partial charge on any atom is -0.394 e. The second kappa shape index (κ2) is 5.18. The largest absolute Gasteiger partial charge is 0.394 e. The van der Waals surface area contributed by atoms with Crippen LogP contribution in [0.5, 0.6) is 0 Å². The lowest BCUT2D eigenvalue weighted by molar-refractivity contribution is -0.136. The van der Waals surface area contributed by atoms with Gasteiger partial charge in [0.1, 0.15) is 24.4 Å². The van der Waals surface area contributed by atoms with Crippen molar-refractivity contribution >= 4 is 6.29 Å². The van der Waals surface area contributed by atoms with Gasteiger partial charge < -0.3 is 30.3 Å². The summed E-state index contributed by atoms with van der Waals surface area (Å²) in [6, 6.07) is 0. The molecule has 0 saturated carbocycles. The lowest BCUT2D eigenvalue weighted by Crippen LogP contribution is -2.46. The number of hydrogen-bond acceptors (Lipinski definition) is 6. The first-order chi connectivity index (χ1) is 5.54. The van der Waals surface area contributed by atoms with E-state index >= 15 is 0 Å². The van der Waals surface area contributed by atoms with Gasteiger partial charge in [-0.15, -0.1) is 0 Å². The molecule has 0 heterocycles. The normalized spacial score (nSPS) is 21.1. The molecule has 0 aliphatic carbocycles. The van der Waals surface area contributed by atoms with Crippen LogP contribution in [0.2, 0.25) is 0 Å². The van der Waals surface area contributed by atoms with Gasteiger partial charge in [0.25, 0.3) is 0 Å². The van der Waals surface area contributed by atoms with Crippen LogP contribution in [-0.4, -0.2) is 62.8 Å². The van der Waals surface area contributed by atoms with Crippen molar-refractivity contribution in [2.24, 2.45) is 0 Å². The third-order valence-electron chi connectivity index (χ3n) is 1.42. The quantitative estimate of drug-likeness (QED) is 0.281. The molecule has 0 amide bonds. The number of hydrogen-bond donors (Lipinski definition) is 5. The predicted octanol–water partition coefficient (Wildman–Crippen LogP) is -3.38. The summed E-state index contributed by atoms with van der Waals surface area (Å²) in [6.45, 7) is -0.760. The van der Waals surface area contributed by atoms with Crippen molar-refractivity contribution < 1.29 is 30.3 Å². The zero-order valence-corrected chi connectivity index (χ0v) is 6.24. The smallest absolute Gasteiger partial charge is 0.151 e. The van der Waals surface area contributed by atoms with E-state index in [1.807, 2.05) is 0 Å². The van der Waals surface area contributed by atoms with Crippen molar-refractivity contribution in [1.29, 1.82) is 0 Å². The zero-order valence-electron chi connectivity index (χ0n) is 6.24. The van der Waals surface area contributed by atoms with E-state index in [0.29, 0.717) is 0 Å². The molecular formula is C6H12O6. The summed E-state index contributed by atoms with van der Waals surface area (Å²) >= 11 is 0. The van der Waals surface area contributed by atoms with Gasteiger partial charge in [0.05, 0.1) is 6.61 Å². The molecule has 0 rings (SSSR count). The fourth-order valence-corrected chi connectivity index (χ4v) is 0.618. The van der Waals surface area contributed by atoms with Gasteiger partial charge in [-0.05, 0) is 0 Å². The number of carbonyl (C=O) groups excluding carboxylic acids is 1. The second-order valence-electron chi connectivity index (χ2n) is 2.36. The molecule has 0 aromatic rings. The molecule has 0 aliphatic rings. The van der Waals surface area contributed by atoms with Gasteiger partial charge in [0.15, 0.2) is 6.29 Å². The van der Waals surface area contributed by atoms with Crippen molar-refractivity contribution in [3.63, 3.8) is 0 Å². The third kappa shape index (κ3) is 2.84. The van der Waals surface area contributed by atoms with E-state index in [4.69, 9.17) is 25.5 Å². The highest BCUT2D eigenvalue weighted by Gasteiger charge is 2.29. The molecule has 0 spiro atoms. The van der Waals surface area contributed by atoms with Crippen molar-refractivity contribution in [3.8, 4) is 0 Å². The van der Waals surface area contributed by atoms with Gasteiger partial charge in [-0.2, -0.15) is 0 Å². The summed E-state index contributed by atoms with van der Waals surface area (Å²) in [5, 5.41) is 43.5. The minimum absolute atomic E-state index is 0.0258. The van der Waals surface area contributed by atoms with Crippen molar-refractivity contribution in [2.45, 2.75) is 24.4 Å². The molecular weight excluding hydrogens is 167 g/mol. The Balaban J connectivity index is 4.07. The second-order valence-corrected chi connectivity index (χ2v) is 2.36. The van der Waals surface area contributed by atoms with Crippen molar-refractivity contribution in [1.82, 2.24) is 0 Å². The standard InChI is InChI=1S/C6H12O6/c7-1-3(9)5(11)6(12)4(10)2-8/h1,3-6,8-12H,2H2/t3-,4+,5+,6+/m0/s1/i1-1. The topological polar surface area (TPSA) is 118 Å². The first-order valence-corrected chi connectivity index (χ1v) is 3.33. The highest BCUT2D eigenvalue weighted by Crippen LogP contribution is 2.02. The molecule has 72 valence electrons. The molecule has 6 nitrogen and oxygen atoms in total. The predicted molar refractivity (Wildman–Crippen MR) is 37.2 cm³/mol. The lowest BCUT2D eigenvalue weighted by atomic mass is 9.93. The number of rotatable bonds is 5. The highest BCUT2D eigenvalue weighted by molar-refractivity contribution is 5.56. The average Bonchev–Trinajstić information content (AvgIpc) is 2.12.